The highest BCUT2D eigenvalue weighted by Crippen LogP contribution is 2.27. The monoisotopic (exact) mass is 376 g/mol. The normalized spacial score (nSPS) is 13.0. The smallest absolute Gasteiger partial charge is 0.471 e. The predicted molar refractivity (Wildman–Crippen MR) is 91.2 cm³/mol. The van der Waals surface area contributed by atoms with Crippen molar-refractivity contribution in [2.24, 2.45) is 32.9 Å². The summed E-state index contributed by atoms with van der Waals surface area (Å²) in [6.07, 6.45) is -2.19. The molecule has 0 aromatic heterocycles. The van der Waals surface area contributed by atoms with Crippen LogP contribution in [0.15, 0.2) is 9.98 Å². The Kier molecular flexibility index (Phi) is 7.57. The Labute approximate surface area is 149 Å². The summed E-state index contributed by atoms with van der Waals surface area (Å²) in [5, 5.41) is 19.5. The summed E-state index contributed by atoms with van der Waals surface area (Å²) in [6.45, 7) is 4.28. The third-order valence-electron chi connectivity index (χ3n) is 2.71. The molecule has 0 aliphatic rings. The van der Waals surface area contributed by atoms with Crippen LogP contribution in [-0.4, -0.2) is 56.9 Å². The predicted octanol–water partition coefficient (Wildman–Crippen LogP) is -1.48. The minimum Gasteiger partial charge on any atom is -0.478 e. The number of carbonyl (C=O) groups is 2. The van der Waals surface area contributed by atoms with Gasteiger partial charge in [0.05, 0.1) is 0 Å². The van der Waals surface area contributed by atoms with Crippen molar-refractivity contribution in [2.45, 2.75) is 44.9 Å². The van der Waals surface area contributed by atoms with E-state index in [2.05, 4.69) is 9.98 Å². The van der Waals surface area contributed by atoms with Crippen LogP contribution in [-0.2, 0) is 9.53 Å². The molecule has 0 bridgehead atoms. The van der Waals surface area contributed by atoms with Gasteiger partial charge in [0.2, 0.25) is 0 Å². The van der Waals surface area contributed by atoms with E-state index >= 15 is 0 Å². The minimum absolute atomic E-state index is 0.0722. The average Bonchev–Trinajstić information content (AvgIpc) is 2.39. The molecule has 0 spiro atoms. The summed E-state index contributed by atoms with van der Waals surface area (Å²) in [5.74, 6) is -2.87. The molecular weight excluding hydrogens is 352 g/mol. The molecule has 1 atom stereocenters. The highest BCUT2D eigenvalue weighted by atomic mass is 16.7. The molecular formula is C12H24N8O6. The van der Waals surface area contributed by atoms with E-state index in [0.29, 0.717) is 0 Å². The number of carboxylic acids is 1. The van der Waals surface area contributed by atoms with Crippen LogP contribution in [0.5, 0.6) is 0 Å². The third kappa shape index (κ3) is 6.66. The first-order valence-corrected chi connectivity index (χ1v) is 7.30. The number of aliphatic carboxylic acids is 1. The lowest BCUT2D eigenvalue weighted by Crippen LogP contribution is -2.60. The molecule has 0 unspecified atom stereocenters. The molecule has 14 nitrogen and oxygen atoms in total. The molecule has 0 saturated heterocycles. The molecule has 0 aliphatic carbocycles. The van der Waals surface area contributed by atoms with Gasteiger partial charge in [-0.2, -0.15) is 0 Å². The summed E-state index contributed by atoms with van der Waals surface area (Å²) < 4.78 is 4.91. The van der Waals surface area contributed by atoms with E-state index in [1.54, 1.807) is 0 Å². The molecule has 0 aliphatic heterocycles. The van der Waals surface area contributed by atoms with Crippen LogP contribution < -0.4 is 22.9 Å². The lowest BCUT2D eigenvalue weighted by atomic mass is 10.0. The number of nitro groups is 1. The number of hydrogen-bond donors (Lipinski definition) is 5. The van der Waals surface area contributed by atoms with E-state index in [-0.39, 0.29) is 23.9 Å². The first-order chi connectivity index (χ1) is 11.7. The van der Waals surface area contributed by atoms with Crippen LogP contribution in [0.2, 0.25) is 0 Å². The van der Waals surface area contributed by atoms with Gasteiger partial charge in [0, 0.05) is 18.0 Å². The van der Waals surface area contributed by atoms with Crippen molar-refractivity contribution in [3.63, 3.8) is 0 Å². The van der Waals surface area contributed by atoms with Gasteiger partial charge in [-0.25, -0.2) is 24.7 Å². The lowest BCUT2D eigenvalue weighted by Gasteiger charge is -2.30. The number of hydrogen-bond acceptors (Lipinski definition) is 7. The van der Waals surface area contributed by atoms with Crippen molar-refractivity contribution in [2.75, 3.05) is 6.54 Å². The SMILES string of the molecule is CC(C)(C)OC(=O)N([N+](=O)[O-])[C@](CCCN=C(N)N)(N=C(N)N)C(=O)O. The van der Waals surface area contributed by atoms with Crippen molar-refractivity contribution in [3.05, 3.63) is 10.1 Å². The summed E-state index contributed by atoms with van der Waals surface area (Å²) in [6, 6.07) is 0. The molecule has 0 heterocycles. The zero-order chi connectivity index (χ0) is 20.7. The molecule has 1 amide bonds. The van der Waals surface area contributed by atoms with Crippen molar-refractivity contribution in [1.82, 2.24) is 5.01 Å². The number of carboxylic acid groups (broad SMARTS) is 1. The van der Waals surface area contributed by atoms with Crippen LogP contribution in [0.25, 0.3) is 0 Å². The Morgan fingerprint density at radius 2 is 1.73 bits per heavy atom. The zero-order valence-corrected chi connectivity index (χ0v) is 14.7. The quantitative estimate of drug-likeness (QED) is 0.108. The maximum absolute atomic E-state index is 12.3. The Morgan fingerprint density at radius 3 is 2.08 bits per heavy atom. The fourth-order valence-electron chi connectivity index (χ4n) is 1.86. The van der Waals surface area contributed by atoms with Crippen molar-refractivity contribution in [1.29, 1.82) is 0 Å². The van der Waals surface area contributed by atoms with Crippen LogP contribution >= 0.6 is 0 Å². The van der Waals surface area contributed by atoms with Gasteiger partial charge in [-0.3, -0.25) is 4.99 Å². The van der Waals surface area contributed by atoms with Crippen LogP contribution in [0.3, 0.4) is 0 Å². The zero-order valence-electron chi connectivity index (χ0n) is 14.7. The van der Waals surface area contributed by atoms with Crippen molar-refractivity contribution < 1.29 is 24.5 Å². The number of guanidine groups is 2. The number of amides is 1. The minimum atomic E-state index is -2.75. The Balaban J connectivity index is 6.07. The van der Waals surface area contributed by atoms with Gasteiger partial charge in [-0.15, -0.1) is 0 Å². The lowest BCUT2D eigenvalue weighted by molar-refractivity contribution is -0.651. The Bertz CT molecular complexity index is 605. The number of ether oxygens (including phenoxy) is 1. The summed E-state index contributed by atoms with van der Waals surface area (Å²) in [4.78, 5) is 42.6. The molecule has 26 heavy (non-hydrogen) atoms. The fourth-order valence-corrected chi connectivity index (χ4v) is 1.86. The Morgan fingerprint density at radius 1 is 1.19 bits per heavy atom. The number of aliphatic imine (C=N–C) groups is 2. The van der Waals surface area contributed by atoms with E-state index in [1.807, 2.05) is 0 Å². The summed E-state index contributed by atoms with van der Waals surface area (Å²) >= 11 is 0. The topological polar surface area (TPSA) is 239 Å². The standard InChI is InChI=1S/C12H24N8O6/c1-11(2,3)26-10(23)19(20(24)25)12(7(21)22,18-9(15)16)5-4-6-17-8(13)14/h4-6H2,1-3H3,(H,21,22)(H4,13,14,17)(H4,15,16,18)/t12-/m0/s1. The number of carbonyl (C=O) groups excluding carboxylic acids is 1. The van der Waals surface area contributed by atoms with Crippen molar-refractivity contribution >= 4 is 24.0 Å². The second kappa shape index (κ2) is 8.68. The number of nitrogens with zero attached hydrogens (tertiary/aromatic N) is 4. The highest BCUT2D eigenvalue weighted by molar-refractivity contribution is 5.87. The van der Waals surface area contributed by atoms with Crippen LogP contribution in [0.1, 0.15) is 33.6 Å². The molecule has 0 aromatic carbocycles. The number of nitrogens with two attached hydrogens (primary N) is 4. The van der Waals surface area contributed by atoms with Crippen molar-refractivity contribution in [3.8, 4) is 0 Å². The average molecular weight is 376 g/mol. The van der Waals surface area contributed by atoms with Gasteiger partial charge in [0.15, 0.2) is 17.0 Å². The van der Waals surface area contributed by atoms with Gasteiger partial charge in [-0.1, -0.05) is 0 Å². The third-order valence-corrected chi connectivity index (χ3v) is 2.71. The molecule has 148 valence electrons. The highest BCUT2D eigenvalue weighted by Gasteiger charge is 2.56. The maximum Gasteiger partial charge on any atom is 0.471 e. The summed E-state index contributed by atoms with van der Waals surface area (Å²) in [7, 11) is 0. The number of hydrazine groups is 1. The molecule has 14 heteroatoms. The maximum atomic E-state index is 12.3. The van der Waals surface area contributed by atoms with E-state index < -0.39 is 40.7 Å². The van der Waals surface area contributed by atoms with E-state index in [0.717, 1.165) is 0 Å². The molecule has 0 radical (unpaired) electrons. The second-order valence-corrected chi connectivity index (χ2v) is 6.10. The van der Waals surface area contributed by atoms with Gasteiger partial charge in [0.25, 0.3) is 0 Å². The first-order valence-electron chi connectivity index (χ1n) is 7.30. The largest absolute Gasteiger partial charge is 0.478 e. The Hall–Kier alpha value is -3.32. The van der Waals surface area contributed by atoms with Crippen LogP contribution in [0, 0.1) is 10.1 Å². The van der Waals surface area contributed by atoms with Gasteiger partial charge in [-0.05, 0) is 27.2 Å². The van der Waals surface area contributed by atoms with Gasteiger partial charge in [0.1, 0.15) is 5.60 Å². The van der Waals surface area contributed by atoms with Gasteiger partial charge < -0.3 is 32.8 Å². The fraction of sp³-hybridized carbons (Fsp3) is 0.667. The van der Waals surface area contributed by atoms with E-state index in [9.17, 15) is 24.8 Å². The molecule has 0 rings (SSSR count). The number of rotatable bonds is 8. The van der Waals surface area contributed by atoms with Gasteiger partial charge >= 0.3 is 17.7 Å². The van der Waals surface area contributed by atoms with E-state index in [1.165, 1.54) is 20.8 Å². The molecule has 0 aromatic rings. The first kappa shape index (κ1) is 22.7. The summed E-state index contributed by atoms with van der Waals surface area (Å²) in [5.41, 5.74) is 16.9. The van der Waals surface area contributed by atoms with E-state index in [4.69, 9.17) is 27.7 Å². The molecule has 0 saturated carbocycles. The van der Waals surface area contributed by atoms with Crippen LogP contribution in [0.4, 0.5) is 4.79 Å². The molecule has 9 N–H and O–H groups in total. The second-order valence-electron chi connectivity index (χ2n) is 6.10. The molecule has 0 fully saturated rings.